The van der Waals surface area contributed by atoms with Crippen molar-refractivity contribution in [2.75, 3.05) is 0 Å². The molecule has 1 rings (SSSR count). The highest BCUT2D eigenvalue weighted by molar-refractivity contribution is 6.19. The Morgan fingerprint density at radius 3 is 2.67 bits per heavy atom. The van der Waals surface area contributed by atoms with E-state index in [2.05, 4.69) is 0 Å². The van der Waals surface area contributed by atoms with Crippen molar-refractivity contribution in [3.05, 3.63) is 23.5 Å². The topological polar surface area (TPSA) is 116 Å². The molecule has 0 spiro atoms. The van der Waals surface area contributed by atoms with Crippen LogP contribution < -0.4 is 11.1 Å². The van der Waals surface area contributed by atoms with Crippen LogP contribution in [0.2, 0.25) is 0 Å². The molecule has 1 unspecified atom stereocenters. The maximum Gasteiger partial charge on any atom is 0.336 e. The Morgan fingerprint density at radius 2 is 2.11 bits per heavy atom. The van der Waals surface area contributed by atoms with Crippen LogP contribution in [0.3, 0.4) is 0 Å². The molecule has 0 saturated carbocycles. The van der Waals surface area contributed by atoms with Gasteiger partial charge in [-0.2, -0.15) is 0 Å². The van der Waals surface area contributed by atoms with E-state index in [0.29, 0.717) is 12.7 Å². The van der Waals surface area contributed by atoms with Crippen LogP contribution in [0.4, 0.5) is 0 Å². The second-order valence-electron chi connectivity index (χ2n) is 3.46. The minimum atomic E-state index is -0.928. The van der Waals surface area contributed by atoms with Gasteiger partial charge in [0.05, 0.1) is 5.57 Å². The van der Waals surface area contributed by atoms with Gasteiger partial charge in [0.2, 0.25) is 5.76 Å². The molecule has 1 aliphatic rings. The van der Waals surface area contributed by atoms with Gasteiger partial charge in [0.25, 0.3) is 11.8 Å². The molecule has 0 aromatic rings. The van der Waals surface area contributed by atoms with Crippen molar-refractivity contribution in [3.8, 4) is 0 Å². The number of ether oxygens (including phenoxy) is 1. The molecule has 3 N–H and O–H groups in total. The fourth-order valence-corrected chi connectivity index (χ4v) is 1.35. The summed E-state index contributed by atoms with van der Waals surface area (Å²) < 4.78 is 4.71. The normalized spacial score (nSPS) is 17.0. The van der Waals surface area contributed by atoms with Gasteiger partial charge in [-0.3, -0.25) is 19.7 Å². The number of nitrogens with two attached hydrogens (primary N) is 1. The third-order valence-corrected chi connectivity index (χ3v) is 2.25. The van der Waals surface area contributed by atoms with Crippen LogP contribution in [0.5, 0.6) is 0 Å². The van der Waals surface area contributed by atoms with Gasteiger partial charge in [0, 0.05) is 12.1 Å². The lowest BCUT2D eigenvalue weighted by Gasteiger charge is -2.09. The molecule has 96 valence electrons. The van der Waals surface area contributed by atoms with Gasteiger partial charge < -0.3 is 10.5 Å². The summed E-state index contributed by atoms with van der Waals surface area (Å²) in [7, 11) is 0. The summed E-state index contributed by atoms with van der Waals surface area (Å²) >= 11 is 0. The number of esters is 1. The summed E-state index contributed by atoms with van der Waals surface area (Å²) in [5.41, 5.74) is 5.60. The van der Waals surface area contributed by atoms with E-state index in [4.69, 9.17) is 10.5 Å². The molecule has 1 atom stereocenters. The second kappa shape index (κ2) is 5.87. The van der Waals surface area contributed by atoms with Crippen LogP contribution in [-0.2, 0) is 23.9 Å². The number of rotatable bonds is 5. The lowest BCUT2D eigenvalue weighted by Crippen LogP contribution is -2.30. The monoisotopic (exact) mass is 252 g/mol. The zero-order valence-electron chi connectivity index (χ0n) is 9.64. The van der Waals surface area contributed by atoms with E-state index in [0.717, 1.165) is 12.2 Å². The highest BCUT2D eigenvalue weighted by Gasteiger charge is 2.35. The van der Waals surface area contributed by atoms with E-state index in [1.165, 1.54) is 0 Å². The van der Waals surface area contributed by atoms with E-state index >= 15 is 0 Å². The summed E-state index contributed by atoms with van der Waals surface area (Å²) in [6.07, 6.45) is 2.54. The Morgan fingerprint density at radius 1 is 1.44 bits per heavy atom. The van der Waals surface area contributed by atoms with Crippen LogP contribution >= 0.6 is 0 Å². The molecule has 0 fully saturated rings. The van der Waals surface area contributed by atoms with E-state index in [9.17, 15) is 19.2 Å². The molecule has 0 aromatic carbocycles. The van der Waals surface area contributed by atoms with Gasteiger partial charge in [-0.1, -0.05) is 6.92 Å². The zero-order chi connectivity index (χ0) is 13.7. The van der Waals surface area contributed by atoms with Crippen molar-refractivity contribution in [2.45, 2.75) is 19.4 Å². The standard InChI is InChI=1S/C11H12N2O5/c1-2-6(12)8-9(11(17)13-10(8)16)18-7(15)4-3-5-14/h3-6H,2,12H2,1H3,(H,13,16,17)/b4-3-. The Bertz CT molecular complexity index is 464. The van der Waals surface area contributed by atoms with Crippen LogP contribution in [0, 0.1) is 0 Å². The van der Waals surface area contributed by atoms with Crippen molar-refractivity contribution in [2.24, 2.45) is 5.73 Å². The van der Waals surface area contributed by atoms with Gasteiger partial charge in [-0.05, 0) is 12.5 Å². The minimum absolute atomic E-state index is 0.0599. The number of amides is 2. The summed E-state index contributed by atoms with van der Waals surface area (Å²) in [5, 5.41) is 1.99. The lowest BCUT2D eigenvalue weighted by atomic mass is 10.1. The molecule has 0 radical (unpaired) electrons. The Hall–Kier alpha value is -2.28. The van der Waals surface area contributed by atoms with E-state index in [-0.39, 0.29) is 5.57 Å². The number of allylic oxidation sites excluding steroid dienone is 1. The van der Waals surface area contributed by atoms with Crippen molar-refractivity contribution >= 4 is 24.1 Å². The first-order valence-corrected chi connectivity index (χ1v) is 5.20. The summed E-state index contributed by atoms with van der Waals surface area (Å²) in [5.74, 6) is -2.82. The van der Waals surface area contributed by atoms with Crippen LogP contribution in [-0.4, -0.2) is 30.1 Å². The average molecular weight is 252 g/mol. The summed E-state index contributed by atoms with van der Waals surface area (Å²) in [6.45, 7) is 1.72. The molecule has 18 heavy (non-hydrogen) atoms. The first kappa shape index (κ1) is 13.8. The molecule has 0 aliphatic carbocycles. The zero-order valence-corrected chi connectivity index (χ0v) is 9.64. The summed E-state index contributed by atoms with van der Waals surface area (Å²) in [6, 6.07) is -0.700. The Kier molecular flexibility index (Phi) is 4.50. The number of carbonyl (C=O) groups is 4. The number of hydrogen-bond acceptors (Lipinski definition) is 6. The number of hydrogen-bond donors (Lipinski definition) is 2. The number of aldehydes is 1. The molecule has 0 bridgehead atoms. The minimum Gasteiger partial charge on any atom is -0.417 e. The predicted octanol–water partition coefficient (Wildman–Crippen LogP) is -1.07. The third-order valence-electron chi connectivity index (χ3n) is 2.25. The van der Waals surface area contributed by atoms with E-state index in [1.807, 2.05) is 5.32 Å². The van der Waals surface area contributed by atoms with Crippen LogP contribution in [0.1, 0.15) is 13.3 Å². The molecule has 7 heteroatoms. The molecule has 1 heterocycles. The fraction of sp³-hybridized carbons (Fsp3) is 0.273. The van der Waals surface area contributed by atoms with Crippen molar-refractivity contribution in [1.29, 1.82) is 0 Å². The van der Waals surface area contributed by atoms with E-state index in [1.54, 1.807) is 6.92 Å². The molecule has 7 nitrogen and oxygen atoms in total. The average Bonchev–Trinajstić information content (AvgIpc) is 2.61. The van der Waals surface area contributed by atoms with Gasteiger partial charge in [-0.15, -0.1) is 0 Å². The molecule has 0 saturated heterocycles. The van der Waals surface area contributed by atoms with E-state index < -0.39 is 29.6 Å². The maximum absolute atomic E-state index is 11.5. The van der Waals surface area contributed by atoms with Crippen LogP contribution in [0.25, 0.3) is 0 Å². The molecule has 1 aliphatic heterocycles. The maximum atomic E-state index is 11.5. The quantitative estimate of drug-likeness (QED) is 0.278. The van der Waals surface area contributed by atoms with Crippen molar-refractivity contribution in [1.82, 2.24) is 5.32 Å². The Balaban J connectivity index is 3.00. The van der Waals surface area contributed by atoms with Crippen molar-refractivity contribution < 1.29 is 23.9 Å². The smallest absolute Gasteiger partial charge is 0.336 e. The molecule has 2 amide bonds. The predicted molar refractivity (Wildman–Crippen MR) is 59.7 cm³/mol. The fourth-order valence-electron chi connectivity index (χ4n) is 1.35. The molecule has 0 aromatic heterocycles. The van der Waals surface area contributed by atoms with Gasteiger partial charge in [0.15, 0.2) is 0 Å². The SMILES string of the molecule is CCC(N)C1=C(OC(=O)/C=C\C=O)C(=O)NC1=O. The largest absolute Gasteiger partial charge is 0.417 e. The first-order valence-electron chi connectivity index (χ1n) is 5.20. The summed E-state index contributed by atoms with van der Waals surface area (Å²) in [4.78, 5) is 44.1. The number of nitrogens with one attached hydrogen (secondary N) is 1. The number of carbonyl (C=O) groups excluding carboxylic acids is 4. The van der Waals surface area contributed by atoms with Crippen molar-refractivity contribution in [3.63, 3.8) is 0 Å². The highest BCUT2D eigenvalue weighted by atomic mass is 16.5. The third kappa shape index (κ3) is 2.89. The van der Waals surface area contributed by atoms with Crippen LogP contribution in [0.15, 0.2) is 23.5 Å². The van der Waals surface area contributed by atoms with Gasteiger partial charge in [-0.25, -0.2) is 4.79 Å². The number of imide groups is 1. The first-order chi connectivity index (χ1) is 8.51. The van der Waals surface area contributed by atoms with Gasteiger partial charge >= 0.3 is 5.97 Å². The Labute approximate surface area is 103 Å². The lowest BCUT2D eigenvalue weighted by molar-refractivity contribution is -0.138. The second-order valence-corrected chi connectivity index (χ2v) is 3.46. The molecular weight excluding hydrogens is 240 g/mol. The molecular formula is C11H12N2O5. The highest BCUT2D eigenvalue weighted by Crippen LogP contribution is 2.18. The van der Waals surface area contributed by atoms with Gasteiger partial charge in [0.1, 0.15) is 6.29 Å².